The van der Waals surface area contributed by atoms with Crippen LogP contribution in [0.5, 0.6) is 0 Å². The molecule has 4 heterocycles. The van der Waals surface area contributed by atoms with E-state index < -0.39 is 28.7 Å². The third kappa shape index (κ3) is 4.71. The van der Waals surface area contributed by atoms with Crippen LogP contribution in [-0.2, 0) is 19.1 Å². The van der Waals surface area contributed by atoms with Crippen LogP contribution >= 0.6 is 11.6 Å². The van der Waals surface area contributed by atoms with Crippen molar-refractivity contribution in [1.29, 1.82) is 0 Å². The van der Waals surface area contributed by atoms with E-state index >= 15 is 0 Å². The third-order valence-corrected chi connectivity index (χ3v) is 8.58. The Bertz CT molecular complexity index is 1630. The van der Waals surface area contributed by atoms with Gasteiger partial charge in [0, 0.05) is 36.2 Å². The zero-order valence-corrected chi connectivity index (χ0v) is 23.4. The van der Waals surface area contributed by atoms with E-state index in [2.05, 4.69) is 5.10 Å². The van der Waals surface area contributed by atoms with E-state index in [-0.39, 0.29) is 41.7 Å². The molecular weight excluding hydrogens is 561 g/mol. The first-order valence-electron chi connectivity index (χ1n) is 13.5. The molecule has 1 saturated carbocycles. The number of hydrogen-bond acceptors (Lipinski definition) is 5. The van der Waals surface area contributed by atoms with Gasteiger partial charge in [0.2, 0.25) is 0 Å². The molecule has 1 aromatic carbocycles. The molecule has 2 aromatic heterocycles. The molecular formula is C28H28ClF3N6O3. The quantitative estimate of drug-likeness (QED) is 0.436. The average molecular weight is 589 g/mol. The first-order chi connectivity index (χ1) is 19.3. The van der Waals surface area contributed by atoms with E-state index in [4.69, 9.17) is 16.7 Å². The van der Waals surface area contributed by atoms with Gasteiger partial charge in [-0.1, -0.05) is 11.6 Å². The number of carbonyl (C=O) groups excluding carboxylic acids is 2. The van der Waals surface area contributed by atoms with Crippen molar-refractivity contribution in [3.05, 3.63) is 79.5 Å². The number of aromatic nitrogens is 4. The standard InChI is InChI=1S/C28H28ClF3N6O3/c1-14-8-23-20(13-35(14)26(40)17-4-7-22(29)21(9-17)28(30,31)32)25-27(41)36(12-15(2)37(25)34-23)16(3)18-10-24(39)38(33-11-18)19-5-6-19/h4,7,9-11,14-16,19H,5-6,8,12-13H2,1-3H3/t14-,15-,16-/m1/s1. The van der Waals surface area contributed by atoms with Crippen molar-refractivity contribution >= 4 is 23.4 Å². The van der Waals surface area contributed by atoms with Gasteiger partial charge in [-0.2, -0.15) is 23.4 Å². The molecule has 0 unspecified atom stereocenters. The Morgan fingerprint density at radius 1 is 1.10 bits per heavy atom. The second-order valence-electron chi connectivity index (χ2n) is 11.2. The van der Waals surface area contributed by atoms with Crippen molar-refractivity contribution in [3.8, 4) is 0 Å². The molecule has 9 nitrogen and oxygen atoms in total. The van der Waals surface area contributed by atoms with Crippen molar-refractivity contribution in [2.75, 3.05) is 6.54 Å². The highest BCUT2D eigenvalue weighted by atomic mass is 35.5. The van der Waals surface area contributed by atoms with Crippen LogP contribution in [0.1, 0.15) is 95.0 Å². The van der Waals surface area contributed by atoms with E-state index in [1.54, 1.807) is 22.7 Å². The maximum atomic E-state index is 13.9. The summed E-state index contributed by atoms with van der Waals surface area (Å²) in [6, 6.07) is 3.81. The molecule has 13 heteroatoms. The van der Waals surface area contributed by atoms with Crippen LogP contribution in [0.25, 0.3) is 0 Å². The Hall–Kier alpha value is -3.67. The van der Waals surface area contributed by atoms with Gasteiger partial charge in [-0.25, -0.2) is 4.68 Å². The van der Waals surface area contributed by atoms with Crippen molar-refractivity contribution in [3.63, 3.8) is 0 Å². The van der Waals surface area contributed by atoms with Gasteiger partial charge in [0.05, 0.1) is 47.1 Å². The largest absolute Gasteiger partial charge is 0.417 e. The molecule has 3 aromatic rings. The minimum absolute atomic E-state index is 0.0221. The molecule has 3 aliphatic rings. The van der Waals surface area contributed by atoms with Gasteiger partial charge in [0.1, 0.15) is 5.69 Å². The number of rotatable bonds is 4. The summed E-state index contributed by atoms with van der Waals surface area (Å²) in [5, 5.41) is 8.56. The Balaban J connectivity index is 1.30. The first kappa shape index (κ1) is 27.5. The lowest BCUT2D eigenvalue weighted by atomic mass is 9.96. The SMILES string of the molecule is C[C@@H]1Cc2nn3c(c2CN1C(=O)c1ccc(Cl)c(C(F)(F)F)c1)C(=O)N([C@H](C)c1cnn(C2CC2)c(=O)c1)C[C@H]3C. The number of alkyl halides is 3. The molecule has 2 amide bonds. The van der Waals surface area contributed by atoms with E-state index in [0.717, 1.165) is 25.0 Å². The molecule has 216 valence electrons. The second kappa shape index (κ2) is 9.71. The molecule has 0 N–H and O–H groups in total. The summed E-state index contributed by atoms with van der Waals surface area (Å²) in [4.78, 5) is 43.2. The van der Waals surface area contributed by atoms with Crippen molar-refractivity contribution < 1.29 is 22.8 Å². The third-order valence-electron chi connectivity index (χ3n) is 8.25. The van der Waals surface area contributed by atoms with Crippen LogP contribution in [0.15, 0.2) is 35.3 Å². The number of benzene rings is 1. The summed E-state index contributed by atoms with van der Waals surface area (Å²) < 4.78 is 43.5. The number of hydrogen-bond donors (Lipinski definition) is 0. The maximum absolute atomic E-state index is 13.9. The predicted molar refractivity (Wildman–Crippen MR) is 143 cm³/mol. The molecule has 0 bridgehead atoms. The predicted octanol–water partition coefficient (Wildman–Crippen LogP) is 4.81. The summed E-state index contributed by atoms with van der Waals surface area (Å²) in [6.07, 6.45) is -0.870. The number of amides is 2. The van der Waals surface area contributed by atoms with Crippen molar-refractivity contribution in [1.82, 2.24) is 29.4 Å². The van der Waals surface area contributed by atoms with Gasteiger partial charge >= 0.3 is 6.18 Å². The van der Waals surface area contributed by atoms with Crippen LogP contribution in [0.4, 0.5) is 13.2 Å². The summed E-state index contributed by atoms with van der Waals surface area (Å²) in [5.74, 6) is -0.877. The maximum Gasteiger partial charge on any atom is 0.417 e. The van der Waals surface area contributed by atoms with Crippen LogP contribution in [-0.4, -0.2) is 53.8 Å². The molecule has 0 saturated heterocycles. The summed E-state index contributed by atoms with van der Waals surface area (Å²) in [5.41, 5.74) is 0.831. The molecule has 3 atom stereocenters. The zero-order chi connectivity index (χ0) is 29.4. The van der Waals surface area contributed by atoms with Crippen molar-refractivity contribution in [2.24, 2.45) is 0 Å². The van der Waals surface area contributed by atoms with Gasteiger partial charge in [0.25, 0.3) is 17.4 Å². The van der Waals surface area contributed by atoms with Crippen LogP contribution in [0.3, 0.4) is 0 Å². The van der Waals surface area contributed by atoms with E-state index in [0.29, 0.717) is 35.5 Å². The average Bonchev–Trinajstić information content (AvgIpc) is 3.69. The van der Waals surface area contributed by atoms with Gasteiger partial charge in [-0.15, -0.1) is 0 Å². The summed E-state index contributed by atoms with van der Waals surface area (Å²) in [7, 11) is 0. The molecule has 1 fully saturated rings. The molecule has 2 aliphatic heterocycles. The molecule has 0 radical (unpaired) electrons. The van der Waals surface area contributed by atoms with Crippen LogP contribution in [0, 0.1) is 0 Å². The minimum Gasteiger partial charge on any atom is -0.331 e. The van der Waals surface area contributed by atoms with Crippen LogP contribution in [0.2, 0.25) is 5.02 Å². The lowest BCUT2D eigenvalue weighted by Gasteiger charge is -2.37. The zero-order valence-electron chi connectivity index (χ0n) is 22.7. The van der Waals surface area contributed by atoms with E-state index in [1.165, 1.54) is 21.7 Å². The molecule has 41 heavy (non-hydrogen) atoms. The first-order valence-corrected chi connectivity index (χ1v) is 13.9. The highest BCUT2D eigenvalue weighted by molar-refractivity contribution is 6.31. The smallest absolute Gasteiger partial charge is 0.331 e. The fourth-order valence-corrected chi connectivity index (χ4v) is 5.99. The number of fused-ring (bicyclic) bond motifs is 3. The van der Waals surface area contributed by atoms with E-state index in [1.807, 2.05) is 13.8 Å². The lowest BCUT2D eigenvalue weighted by molar-refractivity contribution is -0.137. The van der Waals surface area contributed by atoms with Gasteiger partial charge < -0.3 is 9.80 Å². The number of nitrogens with zero attached hydrogens (tertiary/aromatic N) is 6. The highest BCUT2D eigenvalue weighted by Crippen LogP contribution is 2.38. The van der Waals surface area contributed by atoms with Gasteiger partial charge in [-0.05, 0) is 57.4 Å². The van der Waals surface area contributed by atoms with Gasteiger partial charge in [0.15, 0.2) is 0 Å². The summed E-state index contributed by atoms with van der Waals surface area (Å²) >= 11 is 5.76. The summed E-state index contributed by atoms with van der Waals surface area (Å²) in [6.45, 7) is 5.97. The monoisotopic (exact) mass is 588 g/mol. The van der Waals surface area contributed by atoms with Gasteiger partial charge in [-0.3, -0.25) is 19.1 Å². The Labute approximate surface area is 238 Å². The number of carbonyl (C=O) groups is 2. The van der Waals surface area contributed by atoms with Crippen molar-refractivity contribution in [2.45, 2.75) is 76.9 Å². The fourth-order valence-electron chi connectivity index (χ4n) is 5.77. The Kier molecular flexibility index (Phi) is 6.51. The number of halogens is 4. The van der Waals surface area contributed by atoms with Crippen LogP contribution < -0.4 is 5.56 Å². The minimum atomic E-state index is -4.71. The topological polar surface area (TPSA) is 93.3 Å². The second-order valence-corrected chi connectivity index (χ2v) is 11.6. The molecule has 6 rings (SSSR count). The lowest BCUT2D eigenvalue weighted by Crippen LogP contribution is -2.46. The molecule has 0 spiro atoms. The Morgan fingerprint density at radius 3 is 2.49 bits per heavy atom. The molecule has 1 aliphatic carbocycles. The fraction of sp³-hybridized carbons (Fsp3) is 0.464. The normalized spacial score (nSPS) is 21.5. The van der Waals surface area contributed by atoms with E-state index in [9.17, 15) is 27.6 Å². The Morgan fingerprint density at radius 2 is 1.83 bits per heavy atom. The highest BCUT2D eigenvalue weighted by Gasteiger charge is 2.41.